The Morgan fingerprint density at radius 2 is 2.05 bits per heavy atom. The van der Waals surface area contributed by atoms with Crippen LogP contribution in [-0.4, -0.2) is 18.6 Å². The Morgan fingerprint density at radius 1 is 1.32 bits per heavy atom. The molecule has 1 aromatic carbocycles. The smallest absolute Gasteiger partial charge is 0.241 e. The van der Waals surface area contributed by atoms with Crippen LogP contribution in [0.25, 0.3) is 0 Å². The Morgan fingerprint density at radius 3 is 2.63 bits per heavy atom. The van der Waals surface area contributed by atoms with Gasteiger partial charge >= 0.3 is 0 Å². The van der Waals surface area contributed by atoms with Gasteiger partial charge in [0.15, 0.2) is 5.82 Å². The maximum Gasteiger partial charge on any atom is 0.241 e. The number of rotatable bonds is 4. The first kappa shape index (κ1) is 13.5. The van der Waals surface area contributed by atoms with Gasteiger partial charge < -0.3 is 10.3 Å². The second-order valence-electron chi connectivity index (χ2n) is 4.13. The highest BCUT2D eigenvalue weighted by Crippen LogP contribution is 2.16. The quantitative estimate of drug-likeness (QED) is 0.800. The van der Waals surface area contributed by atoms with Gasteiger partial charge in [0, 0.05) is 12.6 Å². The van der Waals surface area contributed by atoms with E-state index in [1.54, 1.807) is 26.0 Å². The first-order valence-corrected chi connectivity index (χ1v) is 7.01. The summed E-state index contributed by atoms with van der Waals surface area (Å²) in [7, 11) is -3.65. The SMILES string of the molecule is Cc1cc(N)cc(S(=O)(=O)NCc2noc(C)n2)c1. The second kappa shape index (κ2) is 4.98. The number of anilines is 1. The van der Waals surface area contributed by atoms with Crippen molar-refractivity contribution in [1.29, 1.82) is 0 Å². The zero-order chi connectivity index (χ0) is 14.0. The molecule has 1 aromatic heterocycles. The molecule has 19 heavy (non-hydrogen) atoms. The highest BCUT2D eigenvalue weighted by atomic mass is 32.2. The van der Waals surface area contributed by atoms with Crippen molar-refractivity contribution in [3.63, 3.8) is 0 Å². The molecule has 0 bridgehead atoms. The van der Waals surface area contributed by atoms with Crippen molar-refractivity contribution in [2.45, 2.75) is 25.3 Å². The van der Waals surface area contributed by atoms with Gasteiger partial charge in [0.05, 0.1) is 11.4 Å². The summed E-state index contributed by atoms with van der Waals surface area (Å²) in [5.41, 5.74) is 6.81. The van der Waals surface area contributed by atoms with E-state index in [0.29, 0.717) is 11.6 Å². The predicted molar refractivity (Wildman–Crippen MR) is 68.7 cm³/mol. The summed E-state index contributed by atoms with van der Waals surface area (Å²) in [4.78, 5) is 4.03. The number of sulfonamides is 1. The van der Waals surface area contributed by atoms with Gasteiger partial charge in [0.2, 0.25) is 15.9 Å². The van der Waals surface area contributed by atoms with Gasteiger partial charge in [-0.15, -0.1) is 0 Å². The molecule has 0 saturated carbocycles. The van der Waals surface area contributed by atoms with Crippen LogP contribution in [0, 0.1) is 13.8 Å². The minimum atomic E-state index is -3.65. The highest BCUT2D eigenvalue weighted by Gasteiger charge is 2.16. The van der Waals surface area contributed by atoms with Crippen LogP contribution in [0.2, 0.25) is 0 Å². The van der Waals surface area contributed by atoms with Crippen LogP contribution < -0.4 is 10.5 Å². The van der Waals surface area contributed by atoms with E-state index in [9.17, 15) is 8.42 Å². The molecule has 0 saturated heterocycles. The van der Waals surface area contributed by atoms with Crippen molar-refractivity contribution in [3.8, 4) is 0 Å². The van der Waals surface area contributed by atoms with Crippen LogP contribution in [-0.2, 0) is 16.6 Å². The molecule has 2 aromatic rings. The van der Waals surface area contributed by atoms with E-state index >= 15 is 0 Å². The topological polar surface area (TPSA) is 111 Å². The van der Waals surface area contributed by atoms with Crippen LogP contribution in [0.4, 0.5) is 5.69 Å². The molecule has 2 rings (SSSR count). The van der Waals surface area contributed by atoms with E-state index in [-0.39, 0.29) is 17.3 Å². The Kier molecular flexibility index (Phi) is 3.54. The molecule has 0 unspecified atom stereocenters. The molecule has 0 fully saturated rings. The number of nitrogens with zero attached hydrogens (tertiary/aromatic N) is 2. The van der Waals surface area contributed by atoms with Crippen molar-refractivity contribution in [3.05, 3.63) is 35.5 Å². The molecule has 0 aliphatic carbocycles. The lowest BCUT2D eigenvalue weighted by molar-refractivity contribution is 0.387. The van der Waals surface area contributed by atoms with Crippen molar-refractivity contribution in [1.82, 2.24) is 14.9 Å². The second-order valence-corrected chi connectivity index (χ2v) is 5.90. The van der Waals surface area contributed by atoms with Crippen LogP contribution in [0.15, 0.2) is 27.6 Å². The standard InChI is InChI=1S/C11H14N4O3S/c1-7-3-9(12)5-10(4-7)19(16,17)13-6-11-14-8(2)18-15-11/h3-5,13H,6,12H2,1-2H3. The Bertz CT molecular complexity index is 673. The van der Waals surface area contributed by atoms with Crippen molar-refractivity contribution in [2.24, 2.45) is 0 Å². The highest BCUT2D eigenvalue weighted by molar-refractivity contribution is 7.89. The molecule has 3 N–H and O–H groups in total. The monoisotopic (exact) mass is 282 g/mol. The minimum Gasteiger partial charge on any atom is -0.399 e. The molecular weight excluding hydrogens is 268 g/mol. The third-order valence-corrected chi connectivity index (χ3v) is 3.75. The number of benzene rings is 1. The van der Waals surface area contributed by atoms with Gasteiger partial charge in [-0.3, -0.25) is 0 Å². The first-order chi connectivity index (χ1) is 8.87. The van der Waals surface area contributed by atoms with E-state index < -0.39 is 10.0 Å². The van der Waals surface area contributed by atoms with E-state index in [1.807, 2.05) is 0 Å². The van der Waals surface area contributed by atoms with Crippen molar-refractivity contribution >= 4 is 15.7 Å². The Hall–Kier alpha value is -1.93. The normalized spacial score (nSPS) is 11.7. The summed E-state index contributed by atoms with van der Waals surface area (Å²) in [6.45, 7) is 3.37. The van der Waals surface area contributed by atoms with E-state index in [0.717, 1.165) is 5.56 Å². The van der Waals surface area contributed by atoms with E-state index in [1.165, 1.54) is 6.07 Å². The first-order valence-electron chi connectivity index (χ1n) is 5.53. The number of nitrogens with two attached hydrogens (primary N) is 1. The predicted octanol–water partition coefficient (Wildman–Crippen LogP) is 0.747. The lowest BCUT2D eigenvalue weighted by Gasteiger charge is -2.06. The van der Waals surface area contributed by atoms with Crippen LogP contribution in [0.5, 0.6) is 0 Å². The molecular formula is C11H14N4O3S. The van der Waals surface area contributed by atoms with E-state index in [4.69, 9.17) is 10.3 Å². The zero-order valence-corrected chi connectivity index (χ0v) is 11.4. The van der Waals surface area contributed by atoms with Gasteiger partial charge in [-0.1, -0.05) is 5.16 Å². The number of aryl methyl sites for hydroxylation is 2. The summed E-state index contributed by atoms with van der Waals surface area (Å²) < 4.78 is 31.3. The fourth-order valence-electron chi connectivity index (χ4n) is 1.59. The van der Waals surface area contributed by atoms with Gasteiger partial charge in [0.1, 0.15) is 0 Å². The molecule has 0 spiro atoms. The molecule has 1 heterocycles. The maximum absolute atomic E-state index is 12.1. The summed E-state index contributed by atoms with van der Waals surface area (Å²) in [5.74, 6) is 0.663. The molecule has 0 aliphatic heterocycles. The van der Waals surface area contributed by atoms with Crippen LogP contribution in [0.1, 0.15) is 17.3 Å². The van der Waals surface area contributed by atoms with Gasteiger partial charge in [-0.25, -0.2) is 13.1 Å². The van der Waals surface area contributed by atoms with Crippen LogP contribution >= 0.6 is 0 Å². The lowest BCUT2D eigenvalue weighted by atomic mass is 10.2. The number of hydrogen-bond donors (Lipinski definition) is 2. The third kappa shape index (κ3) is 3.30. The van der Waals surface area contributed by atoms with Gasteiger partial charge in [-0.05, 0) is 30.7 Å². The molecule has 0 atom stereocenters. The number of nitrogen functional groups attached to an aromatic ring is 1. The van der Waals surface area contributed by atoms with Crippen molar-refractivity contribution in [2.75, 3.05) is 5.73 Å². The number of nitrogens with one attached hydrogen (secondary N) is 1. The molecule has 102 valence electrons. The van der Waals surface area contributed by atoms with E-state index in [2.05, 4.69) is 14.9 Å². The summed E-state index contributed by atoms with van der Waals surface area (Å²) in [6, 6.07) is 4.64. The fourth-order valence-corrected chi connectivity index (χ4v) is 2.71. The number of aromatic nitrogens is 2. The largest absolute Gasteiger partial charge is 0.399 e. The average Bonchev–Trinajstić information content (AvgIpc) is 2.71. The average molecular weight is 282 g/mol. The summed E-state index contributed by atoms with van der Waals surface area (Å²) in [6.07, 6.45) is 0. The van der Waals surface area contributed by atoms with Gasteiger partial charge in [0.25, 0.3) is 0 Å². The maximum atomic E-state index is 12.1. The third-order valence-electron chi connectivity index (χ3n) is 2.37. The van der Waals surface area contributed by atoms with Crippen LogP contribution in [0.3, 0.4) is 0 Å². The van der Waals surface area contributed by atoms with Crippen molar-refractivity contribution < 1.29 is 12.9 Å². The molecule has 0 aliphatic rings. The molecule has 8 heteroatoms. The fraction of sp³-hybridized carbons (Fsp3) is 0.273. The lowest BCUT2D eigenvalue weighted by Crippen LogP contribution is -2.24. The summed E-state index contributed by atoms with van der Waals surface area (Å²) in [5, 5.41) is 3.61. The minimum absolute atomic E-state index is 0.0342. The van der Waals surface area contributed by atoms with Gasteiger partial charge in [-0.2, -0.15) is 4.98 Å². The zero-order valence-electron chi connectivity index (χ0n) is 10.5. The summed E-state index contributed by atoms with van der Waals surface area (Å²) >= 11 is 0. The molecule has 0 radical (unpaired) electrons. The Labute approximate surface area is 110 Å². The number of hydrogen-bond acceptors (Lipinski definition) is 6. The molecule has 0 amide bonds. The molecule has 7 nitrogen and oxygen atoms in total. The Balaban J connectivity index is 2.18.